The molecule has 0 saturated carbocycles. The number of nitro groups is 4. The van der Waals surface area contributed by atoms with Crippen molar-refractivity contribution in [2.24, 2.45) is 16.2 Å². The number of nitrogen functional groups attached to an aromatic ring is 2. The first-order valence-electron chi connectivity index (χ1n) is 25.2. The van der Waals surface area contributed by atoms with E-state index in [1.165, 1.54) is 36.5 Å². The van der Waals surface area contributed by atoms with E-state index in [9.17, 15) is 54.8 Å². The number of amides is 2. The summed E-state index contributed by atoms with van der Waals surface area (Å²) < 4.78 is 10.6. The van der Waals surface area contributed by atoms with Crippen LogP contribution in [0.5, 0.6) is 17.2 Å². The van der Waals surface area contributed by atoms with Gasteiger partial charge >= 0.3 is 43.1 Å². The van der Waals surface area contributed by atoms with Crippen molar-refractivity contribution in [3.05, 3.63) is 175 Å². The number of nitrogens with one attached hydrogen (secondary N) is 2. The number of halogens is 7. The summed E-state index contributed by atoms with van der Waals surface area (Å²) in [4.78, 5) is 97.8. The topological polar surface area (TPSA) is 468 Å². The summed E-state index contributed by atoms with van der Waals surface area (Å²) in [7, 11) is 0. The van der Waals surface area contributed by atoms with Crippen LogP contribution in [0, 0.1) is 84.4 Å². The number of nitrogens with zero attached hydrogens (tertiary/aromatic N) is 11. The normalized spacial score (nSPS) is 9.89. The predicted molar refractivity (Wildman–Crippen MR) is 369 cm³/mol. The summed E-state index contributed by atoms with van der Waals surface area (Å²) >= 11 is 26.4. The van der Waals surface area contributed by atoms with Crippen LogP contribution in [0.3, 0.4) is 0 Å². The molecule has 7 rings (SSSR count). The molecule has 1 radical (unpaired) electrons. The van der Waals surface area contributed by atoms with Gasteiger partial charge in [-0.15, -0.1) is 0 Å². The van der Waals surface area contributed by atoms with Gasteiger partial charge in [0.05, 0.1) is 4.47 Å². The molecule has 0 aliphatic carbocycles. The van der Waals surface area contributed by atoms with Crippen molar-refractivity contribution in [3.63, 3.8) is 0 Å². The van der Waals surface area contributed by atoms with Gasteiger partial charge in [-0.1, -0.05) is 87.9 Å². The molecular weight excluding hydrogens is 1750 g/mol. The molecule has 0 aliphatic heterocycles. The SMILES string of the molecule is C.CC(C)(C)C(=O)Cl.Cc1ccc(Br)nc1N.Cc1ccc(Br)nc1NC(=O)C(C)(C)C.Cc1ccc(Br)nc1[N+](=O)[O-].Cc1ccc(N)nc1NC(=O)C(C)(C)C.O=[N+]([O-])c1nc(Br)cc(Br)c1O.O=[N+]([O-])c1nc(Br)ccc1O.O=[N+]([O-])c1ncccc1O.[Cu].[O]=[Cu]. The van der Waals surface area contributed by atoms with Crippen LogP contribution >= 0.6 is 107 Å². The molecule has 30 nitrogen and oxygen atoms in total. The summed E-state index contributed by atoms with van der Waals surface area (Å²) in [6.07, 6.45) is 1.25. The van der Waals surface area contributed by atoms with Gasteiger partial charge in [0.25, 0.3) is 0 Å². The van der Waals surface area contributed by atoms with Crippen LogP contribution in [0.1, 0.15) is 92.0 Å². The van der Waals surface area contributed by atoms with Crippen LogP contribution in [0.15, 0.2) is 113 Å². The van der Waals surface area contributed by atoms with E-state index in [4.69, 9.17) is 42.2 Å². The first-order valence-corrected chi connectivity index (χ1v) is 30.7. The van der Waals surface area contributed by atoms with Crippen molar-refractivity contribution in [1.29, 1.82) is 0 Å². The van der Waals surface area contributed by atoms with Gasteiger partial charge in [0.1, 0.15) is 38.7 Å². The van der Waals surface area contributed by atoms with Gasteiger partial charge in [0, 0.05) is 98.8 Å². The van der Waals surface area contributed by atoms with E-state index in [1.807, 2.05) is 92.6 Å². The number of pyridine rings is 7. The number of nitrogens with two attached hydrogens (primary N) is 2. The fourth-order valence-corrected chi connectivity index (χ4v) is 7.10. The maximum atomic E-state index is 11.7. The second kappa shape index (κ2) is 44.8. The van der Waals surface area contributed by atoms with E-state index in [-0.39, 0.29) is 57.3 Å². The van der Waals surface area contributed by atoms with Gasteiger partial charge in [-0.25, -0.2) is 15.0 Å². The van der Waals surface area contributed by atoms with Gasteiger partial charge < -0.3 is 77.9 Å². The molecular formula is C55H66Br6ClCu2N15O15. The Bertz CT molecular complexity index is 3570. The fourth-order valence-electron chi connectivity index (χ4n) is 4.77. The minimum atomic E-state index is -0.759. The van der Waals surface area contributed by atoms with Crippen molar-refractivity contribution in [3.8, 4) is 17.2 Å². The number of carbonyl (C=O) groups is 3. The number of hydrogen-bond donors (Lipinski definition) is 7. The number of anilines is 4. The van der Waals surface area contributed by atoms with Crippen LogP contribution in [0.25, 0.3) is 0 Å². The summed E-state index contributed by atoms with van der Waals surface area (Å²) in [6.45, 7) is 23.9. The third kappa shape index (κ3) is 37.4. The van der Waals surface area contributed by atoms with Crippen LogP contribution < -0.4 is 22.1 Å². The molecule has 7 aromatic rings. The van der Waals surface area contributed by atoms with Crippen LogP contribution in [-0.2, 0) is 51.2 Å². The Morgan fingerprint density at radius 1 is 0.500 bits per heavy atom. The molecule has 0 atom stereocenters. The Morgan fingerprint density at radius 2 is 0.851 bits per heavy atom. The maximum absolute atomic E-state index is 11.7. The predicted octanol–water partition coefficient (Wildman–Crippen LogP) is 15.6. The average Bonchev–Trinajstić information content (AvgIpc) is 0.934. The summed E-state index contributed by atoms with van der Waals surface area (Å²) in [5.74, 6) is -0.986. The molecule has 94 heavy (non-hydrogen) atoms. The van der Waals surface area contributed by atoms with Crippen LogP contribution in [0.4, 0.5) is 46.5 Å². The van der Waals surface area contributed by atoms with E-state index in [0.29, 0.717) is 42.6 Å². The molecule has 7 heterocycles. The second-order valence-corrected chi connectivity index (χ2v) is 26.0. The van der Waals surface area contributed by atoms with E-state index in [1.54, 1.807) is 45.9 Å². The molecule has 522 valence electrons. The zero-order valence-electron chi connectivity index (χ0n) is 51.1. The van der Waals surface area contributed by atoms with E-state index in [0.717, 1.165) is 25.9 Å². The van der Waals surface area contributed by atoms with Crippen molar-refractivity contribution in [2.45, 2.75) is 97.4 Å². The zero-order valence-corrected chi connectivity index (χ0v) is 63.3. The van der Waals surface area contributed by atoms with Crippen LogP contribution in [0.2, 0.25) is 0 Å². The number of rotatable bonds is 6. The van der Waals surface area contributed by atoms with E-state index in [2.05, 4.69) is 157 Å². The number of carbonyl (C=O) groups excluding carboxylic acids is 3. The van der Waals surface area contributed by atoms with Gasteiger partial charge in [0.15, 0.2) is 0 Å². The first-order chi connectivity index (χ1) is 42.2. The van der Waals surface area contributed by atoms with Crippen molar-refractivity contribution >= 4 is 171 Å². The van der Waals surface area contributed by atoms with Crippen molar-refractivity contribution < 1.29 is 86.2 Å². The number of hydrogen-bond acceptors (Lipinski definition) is 24. The Labute approximate surface area is 614 Å². The quantitative estimate of drug-likeness (QED) is 0.0267. The van der Waals surface area contributed by atoms with Gasteiger partial charge in [-0.2, -0.15) is 0 Å². The molecule has 0 spiro atoms. The van der Waals surface area contributed by atoms with Crippen molar-refractivity contribution in [1.82, 2.24) is 34.9 Å². The molecule has 0 saturated heterocycles. The molecule has 0 fully saturated rings. The van der Waals surface area contributed by atoms with Gasteiger partial charge in [0.2, 0.25) is 48.1 Å². The molecule has 39 heteroatoms. The Morgan fingerprint density at radius 3 is 1.21 bits per heavy atom. The molecule has 0 unspecified atom stereocenters. The van der Waals surface area contributed by atoms with Crippen molar-refractivity contribution in [2.75, 3.05) is 22.1 Å². The zero-order chi connectivity index (χ0) is 71.9. The summed E-state index contributed by atoms with van der Waals surface area (Å²) in [5, 5.41) is 72.8. The van der Waals surface area contributed by atoms with Crippen LogP contribution in [-0.4, -0.2) is 87.0 Å². The van der Waals surface area contributed by atoms with E-state index < -0.39 is 65.2 Å². The summed E-state index contributed by atoms with van der Waals surface area (Å²) in [5.41, 5.74) is 13.3. The molecule has 0 aliphatic rings. The van der Waals surface area contributed by atoms with Gasteiger partial charge in [-0.3, -0.25) is 14.4 Å². The minimum absolute atomic E-state index is 0. The Hall–Kier alpha value is -6.73. The standard InChI is InChI=1S/C11H15BrN2O.C11H17N3O.C6H5BrN2O2.C6H7BrN2.C5H2Br2N2O3.C5H3BrN2O3.C5H9ClO.C5H4N2O3.CH4.2Cu.O/c2*1-7-5-6-8(12)13-9(7)14-10(15)11(2,3)4;1-4-2-3-5(7)8-6(4)9(10)11;1-4-2-3-5(7)9-6(4)8;6-2-1-3(7)8-5(4(2)10)9(11)12;6-4-2-1-3(9)5(7-4)8(10)11;1-5(2,3)4(6)7;8-4-2-1-3-6-5(4)7(9)10;;;;/h5-6H,1-4H3,(H,13,14,15);5-6H,1-4H3,(H3,12,13,14,15);2-3H,1H3;2-3H,1H3,(H2,8,9);1,10H;1-2,9H;1-3H3;1-3,8H;1H4;;;. The molecule has 9 N–H and O–H groups in total. The fraction of sp³-hybridized carbons (Fsp3) is 0.309. The second-order valence-electron chi connectivity index (χ2n) is 20.7. The van der Waals surface area contributed by atoms with Gasteiger partial charge in [-0.05, 0) is 192 Å². The van der Waals surface area contributed by atoms with E-state index >= 15 is 0 Å². The Balaban J connectivity index is -0.000000493. The number of aryl methyl sites for hydroxylation is 4. The molecule has 0 aromatic carbocycles. The summed E-state index contributed by atoms with van der Waals surface area (Å²) in [6, 6.07) is 21.1. The molecule has 2 amide bonds. The molecule has 7 aromatic heterocycles. The average molecular weight is 1820 g/mol. The number of aromatic hydroxyl groups is 3. The third-order valence-corrected chi connectivity index (χ3v) is 13.3. The molecule has 0 bridgehead atoms. The number of aromatic nitrogens is 7. The Kier molecular flexibility index (Phi) is 44.7. The third-order valence-electron chi connectivity index (χ3n) is 9.91. The first kappa shape index (κ1) is 93.7. The monoisotopic (exact) mass is 1810 g/mol.